The summed E-state index contributed by atoms with van der Waals surface area (Å²) in [5.41, 5.74) is 4.65. The molecule has 0 heterocycles. The monoisotopic (exact) mass is 506 g/mol. The van der Waals surface area contributed by atoms with Gasteiger partial charge in [-0.2, -0.15) is 0 Å². The highest BCUT2D eigenvalue weighted by Gasteiger charge is 2.42. The number of ether oxygens (including phenoxy) is 1. The molecule has 1 aromatic carbocycles. The lowest BCUT2D eigenvalue weighted by molar-refractivity contribution is -0.148. The number of aromatic hydroxyl groups is 1. The van der Waals surface area contributed by atoms with Gasteiger partial charge in [-0.1, -0.05) is 6.07 Å². The fraction of sp³-hybridized carbons (Fsp3) is 0.615. The SMILES string of the molecule is Cc1cc(C(C(=O)NC(C)C)N(C(=O)C(CCC(N)=O)NC(=O)OC(C)(C)C)C(C)(C)C)ccc1O. The molecule has 0 aliphatic heterocycles. The molecule has 5 N–H and O–H groups in total. The van der Waals surface area contributed by atoms with Crippen molar-refractivity contribution in [2.45, 2.75) is 104 Å². The van der Waals surface area contributed by atoms with E-state index >= 15 is 0 Å². The number of phenolic OH excluding ortho intramolecular Hbond substituents is 1. The van der Waals surface area contributed by atoms with Gasteiger partial charge in [0.25, 0.3) is 0 Å². The summed E-state index contributed by atoms with van der Waals surface area (Å²) in [5.74, 6) is -1.58. The van der Waals surface area contributed by atoms with Crippen LogP contribution in [0.5, 0.6) is 5.75 Å². The topological polar surface area (TPSA) is 151 Å². The molecular formula is C26H42N4O6. The number of hydrogen-bond acceptors (Lipinski definition) is 6. The molecule has 2 atom stereocenters. The fourth-order valence-corrected chi connectivity index (χ4v) is 3.64. The first-order chi connectivity index (χ1) is 16.3. The average molecular weight is 507 g/mol. The summed E-state index contributed by atoms with van der Waals surface area (Å²) in [6.45, 7) is 15.7. The minimum absolute atomic E-state index is 0.0568. The first-order valence-electron chi connectivity index (χ1n) is 12.0. The molecule has 36 heavy (non-hydrogen) atoms. The Balaban J connectivity index is 3.61. The van der Waals surface area contributed by atoms with E-state index in [0.29, 0.717) is 11.1 Å². The molecule has 10 nitrogen and oxygen atoms in total. The van der Waals surface area contributed by atoms with E-state index in [1.54, 1.807) is 74.4 Å². The van der Waals surface area contributed by atoms with Crippen LogP contribution in [0.2, 0.25) is 0 Å². The normalized spacial score (nSPS) is 13.5. The molecule has 0 fully saturated rings. The minimum atomic E-state index is -1.18. The van der Waals surface area contributed by atoms with Crippen LogP contribution in [0.4, 0.5) is 4.79 Å². The van der Waals surface area contributed by atoms with E-state index in [2.05, 4.69) is 10.6 Å². The number of aryl methyl sites for hydroxylation is 1. The van der Waals surface area contributed by atoms with Gasteiger partial charge < -0.3 is 31.1 Å². The Morgan fingerprint density at radius 2 is 1.64 bits per heavy atom. The van der Waals surface area contributed by atoms with E-state index in [1.165, 1.54) is 11.0 Å². The number of carbonyl (C=O) groups is 4. The van der Waals surface area contributed by atoms with Crippen molar-refractivity contribution in [1.29, 1.82) is 0 Å². The molecule has 0 spiro atoms. The first kappa shape index (κ1) is 30.7. The highest BCUT2D eigenvalue weighted by Crippen LogP contribution is 2.32. The van der Waals surface area contributed by atoms with E-state index in [9.17, 15) is 24.3 Å². The lowest BCUT2D eigenvalue weighted by atomic mass is 9.93. The number of rotatable bonds is 9. The van der Waals surface area contributed by atoms with Gasteiger partial charge in [-0.3, -0.25) is 14.4 Å². The van der Waals surface area contributed by atoms with Crippen LogP contribution in [-0.2, 0) is 19.1 Å². The van der Waals surface area contributed by atoms with Crippen LogP contribution in [0, 0.1) is 6.92 Å². The van der Waals surface area contributed by atoms with E-state index in [-0.39, 0.29) is 24.6 Å². The van der Waals surface area contributed by atoms with Crippen molar-refractivity contribution in [2.24, 2.45) is 5.73 Å². The van der Waals surface area contributed by atoms with E-state index in [1.807, 2.05) is 0 Å². The van der Waals surface area contributed by atoms with Crippen LogP contribution in [0.15, 0.2) is 18.2 Å². The summed E-state index contributed by atoms with van der Waals surface area (Å²) >= 11 is 0. The summed E-state index contributed by atoms with van der Waals surface area (Å²) in [7, 11) is 0. The van der Waals surface area contributed by atoms with Gasteiger partial charge in [0.15, 0.2) is 0 Å². The van der Waals surface area contributed by atoms with Gasteiger partial charge in [-0.05, 0) is 92.0 Å². The number of primary amides is 1. The van der Waals surface area contributed by atoms with Crippen molar-refractivity contribution in [3.8, 4) is 5.75 Å². The Hall–Kier alpha value is -3.30. The summed E-state index contributed by atoms with van der Waals surface area (Å²) in [6.07, 6.45) is -1.07. The number of alkyl carbamates (subject to hydrolysis) is 1. The molecule has 0 aromatic heterocycles. The molecule has 0 aliphatic carbocycles. The van der Waals surface area contributed by atoms with Gasteiger partial charge in [0.2, 0.25) is 17.7 Å². The van der Waals surface area contributed by atoms with Crippen LogP contribution in [0.3, 0.4) is 0 Å². The molecule has 0 radical (unpaired) electrons. The van der Waals surface area contributed by atoms with Crippen molar-refractivity contribution in [1.82, 2.24) is 15.5 Å². The number of nitrogens with zero attached hydrogens (tertiary/aromatic N) is 1. The number of nitrogens with two attached hydrogens (primary N) is 1. The fourth-order valence-electron chi connectivity index (χ4n) is 3.64. The molecule has 4 amide bonds. The van der Waals surface area contributed by atoms with Crippen molar-refractivity contribution in [2.75, 3.05) is 0 Å². The summed E-state index contributed by atoms with van der Waals surface area (Å²) in [5, 5.41) is 15.5. The first-order valence-corrected chi connectivity index (χ1v) is 12.0. The highest BCUT2D eigenvalue weighted by atomic mass is 16.6. The number of benzene rings is 1. The lowest BCUT2D eigenvalue weighted by Gasteiger charge is -2.43. The van der Waals surface area contributed by atoms with Gasteiger partial charge in [-0.15, -0.1) is 0 Å². The van der Waals surface area contributed by atoms with E-state index < -0.39 is 47.0 Å². The third-order valence-electron chi connectivity index (χ3n) is 5.10. The Kier molecular flexibility index (Phi) is 10.3. The lowest BCUT2D eigenvalue weighted by Crippen LogP contribution is -2.59. The molecule has 202 valence electrons. The standard InChI is InChI=1S/C26H42N4O6/c1-15(2)28-22(33)21(17-10-12-19(31)16(3)14-17)30(25(4,5)6)23(34)18(11-13-20(27)32)29-24(35)36-26(7,8)9/h10,12,14-15,18,21,31H,11,13H2,1-9H3,(H2,27,32)(H,28,33)(H,29,35). The Bertz CT molecular complexity index is 962. The summed E-state index contributed by atoms with van der Waals surface area (Å²) < 4.78 is 5.32. The maximum Gasteiger partial charge on any atom is 0.408 e. The Morgan fingerprint density at radius 3 is 2.08 bits per heavy atom. The second-order valence-corrected chi connectivity index (χ2v) is 11.2. The van der Waals surface area contributed by atoms with Crippen LogP contribution in [-0.4, -0.2) is 57.0 Å². The number of hydrogen-bond donors (Lipinski definition) is 4. The third kappa shape index (κ3) is 9.39. The van der Waals surface area contributed by atoms with Crippen molar-refractivity contribution < 1.29 is 29.0 Å². The van der Waals surface area contributed by atoms with Crippen LogP contribution < -0.4 is 16.4 Å². The molecule has 10 heteroatoms. The number of carbonyl (C=O) groups excluding carboxylic acids is 4. The molecule has 0 saturated carbocycles. The average Bonchev–Trinajstić information content (AvgIpc) is 2.67. The van der Waals surface area contributed by atoms with Crippen LogP contribution in [0.25, 0.3) is 0 Å². The van der Waals surface area contributed by atoms with Gasteiger partial charge in [0.05, 0.1) is 0 Å². The predicted molar refractivity (Wildman–Crippen MR) is 137 cm³/mol. The zero-order valence-corrected chi connectivity index (χ0v) is 22.9. The van der Waals surface area contributed by atoms with Gasteiger partial charge in [0.1, 0.15) is 23.4 Å². The minimum Gasteiger partial charge on any atom is -0.508 e. The van der Waals surface area contributed by atoms with Crippen LogP contribution in [0.1, 0.15) is 85.4 Å². The maximum absolute atomic E-state index is 14.0. The summed E-state index contributed by atoms with van der Waals surface area (Å²) in [4.78, 5) is 53.0. The molecule has 1 rings (SSSR count). The smallest absolute Gasteiger partial charge is 0.408 e. The quantitative estimate of drug-likeness (QED) is 0.404. The summed E-state index contributed by atoms with van der Waals surface area (Å²) in [6, 6.07) is 2.22. The predicted octanol–water partition coefficient (Wildman–Crippen LogP) is 3.05. The van der Waals surface area contributed by atoms with Gasteiger partial charge in [-0.25, -0.2) is 4.79 Å². The number of phenols is 1. The maximum atomic E-state index is 14.0. The molecule has 0 saturated heterocycles. The number of amides is 4. The van der Waals surface area contributed by atoms with Crippen molar-refractivity contribution in [3.05, 3.63) is 29.3 Å². The third-order valence-corrected chi connectivity index (χ3v) is 5.10. The molecule has 0 bridgehead atoms. The van der Waals surface area contributed by atoms with Crippen LogP contribution >= 0.6 is 0 Å². The molecular weight excluding hydrogens is 464 g/mol. The zero-order chi connectivity index (χ0) is 28.0. The molecule has 1 aromatic rings. The second kappa shape index (κ2) is 12.1. The second-order valence-electron chi connectivity index (χ2n) is 11.2. The largest absolute Gasteiger partial charge is 0.508 e. The molecule has 2 unspecified atom stereocenters. The molecule has 0 aliphatic rings. The van der Waals surface area contributed by atoms with E-state index in [0.717, 1.165) is 0 Å². The van der Waals surface area contributed by atoms with E-state index in [4.69, 9.17) is 10.5 Å². The van der Waals surface area contributed by atoms with Crippen molar-refractivity contribution >= 4 is 23.8 Å². The van der Waals surface area contributed by atoms with Gasteiger partial charge >= 0.3 is 6.09 Å². The number of nitrogens with one attached hydrogen (secondary N) is 2. The van der Waals surface area contributed by atoms with Gasteiger partial charge in [0, 0.05) is 18.0 Å². The van der Waals surface area contributed by atoms with Crippen molar-refractivity contribution in [3.63, 3.8) is 0 Å². The highest BCUT2D eigenvalue weighted by molar-refractivity contribution is 5.93. The zero-order valence-electron chi connectivity index (χ0n) is 22.9. The Labute approximate surface area is 213 Å². The Morgan fingerprint density at radius 1 is 1.06 bits per heavy atom.